The van der Waals surface area contributed by atoms with Gasteiger partial charge < -0.3 is 0 Å². The summed E-state index contributed by atoms with van der Waals surface area (Å²) in [5.41, 5.74) is 2.77. The van der Waals surface area contributed by atoms with Crippen molar-refractivity contribution in [2.24, 2.45) is 11.8 Å². The number of amides is 2. The summed E-state index contributed by atoms with van der Waals surface area (Å²) < 4.78 is 0.809. The summed E-state index contributed by atoms with van der Waals surface area (Å²) in [6.45, 7) is 3.94. The predicted molar refractivity (Wildman–Crippen MR) is 81.5 cm³/mol. The molecule has 2 aliphatic rings. The van der Waals surface area contributed by atoms with Crippen LogP contribution in [0.1, 0.15) is 24.0 Å². The van der Waals surface area contributed by atoms with Crippen LogP contribution in [0.25, 0.3) is 0 Å². The monoisotopic (exact) mass is 333 g/mol. The second kappa shape index (κ2) is 4.85. The van der Waals surface area contributed by atoms with E-state index in [9.17, 15) is 9.59 Å². The van der Waals surface area contributed by atoms with E-state index >= 15 is 0 Å². The molecule has 0 aromatic heterocycles. The van der Waals surface area contributed by atoms with Crippen LogP contribution < -0.4 is 4.90 Å². The highest BCUT2D eigenvalue weighted by Gasteiger charge is 2.48. The molecule has 104 valence electrons. The molecule has 3 rings (SSSR count). The van der Waals surface area contributed by atoms with Crippen LogP contribution in [0.3, 0.4) is 0 Å². The number of aryl methyl sites for hydroxylation is 2. The van der Waals surface area contributed by atoms with Gasteiger partial charge in [-0.25, -0.2) is 4.90 Å². The number of hydrogen-bond donors (Lipinski definition) is 0. The second-order valence-corrected chi connectivity index (χ2v) is 6.43. The summed E-state index contributed by atoms with van der Waals surface area (Å²) in [6.07, 6.45) is 5.36. The normalized spacial score (nSPS) is 25.2. The molecule has 0 N–H and O–H groups in total. The molecule has 1 aliphatic heterocycles. The molecule has 1 aromatic carbocycles. The summed E-state index contributed by atoms with van der Waals surface area (Å²) in [6, 6.07) is 3.95. The van der Waals surface area contributed by atoms with E-state index in [1.54, 1.807) is 0 Å². The molecule has 1 heterocycles. The van der Waals surface area contributed by atoms with Gasteiger partial charge >= 0.3 is 0 Å². The van der Waals surface area contributed by atoms with Gasteiger partial charge in [-0.15, -0.1) is 0 Å². The Kier molecular flexibility index (Phi) is 3.28. The number of fused-ring (bicyclic) bond motifs is 1. The number of hydrogen-bond acceptors (Lipinski definition) is 2. The topological polar surface area (TPSA) is 37.4 Å². The van der Waals surface area contributed by atoms with Gasteiger partial charge in [-0.1, -0.05) is 18.2 Å². The highest BCUT2D eigenvalue weighted by atomic mass is 79.9. The molecule has 1 aliphatic carbocycles. The van der Waals surface area contributed by atoms with Crippen LogP contribution in [0.15, 0.2) is 28.8 Å². The van der Waals surface area contributed by atoms with E-state index < -0.39 is 0 Å². The third-order valence-corrected chi connectivity index (χ3v) is 4.73. The molecule has 2 unspecified atom stereocenters. The molecular formula is C16H16BrNO2. The maximum atomic E-state index is 12.6. The minimum Gasteiger partial charge on any atom is -0.274 e. The summed E-state index contributed by atoms with van der Waals surface area (Å²) in [4.78, 5) is 26.6. The number of allylic oxidation sites excluding steroid dienone is 2. The fraction of sp³-hybridized carbons (Fsp3) is 0.375. The number of carbonyl (C=O) groups excluding carboxylic acids is 2. The van der Waals surface area contributed by atoms with Crippen molar-refractivity contribution < 1.29 is 9.59 Å². The Morgan fingerprint density at radius 3 is 2.10 bits per heavy atom. The molecule has 2 atom stereocenters. The third kappa shape index (κ3) is 1.94. The molecule has 3 nitrogen and oxygen atoms in total. The minimum absolute atomic E-state index is 0.0583. The first-order valence-electron chi connectivity index (χ1n) is 6.80. The van der Waals surface area contributed by atoms with Crippen LogP contribution in [-0.2, 0) is 9.59 Å². The number of benzene rings is 1. The molecule has 1 saturated heterocycles. The molecule has 0 spiro atoms. The zero-order valence-electron chi connectivity index (χ0n) is 11.5. The Labute approximate surface area is 126 Å². The van der Waals surface area contributed by atoms with E-state index in [4.69, 9.17) is 0 Å². The van der Waals surface area contributed by atoms with Crippen LogP contribution in [0.2, 0.25) is 0 Å². The zero-order valence-corrected chi connectivity index (χ0v) is 13.1. The van der Waals surface area contributed by atoms with Gasteiger partial charge in [-0.05, 0) is 59.8 Å². The molecular weight excluding hydrogens is 318 g/mol. The minimum atomic E-state index is -0.180. The zero-order chi connectivity index (χ0) is 14.4. The first-order chi connectivity index (χ1) is 9.50. The number of carbonyl (C=O) groups is 2. The lowest BCUT2D eigenvalue weighted by Crippen LogP contribution is -2.31. The molecule has 2 amide bonds. The van der Waals surface area contributed by atoms with Gasteiger partial charge in [0.2, 0.25) is 11.8 Å². The van der Waals surface area contributed by atoms with Crippen molar-refractivity contribution in [3.8, 4) is 0 Å². The molecule has 4 heteroatoms. The van der Waals surface area contributed by atoms with E-state index in [0.29, 0.717) is 18.5 Å². The quantitative estimate of drug-likeness (QED) is 0.582. The van der Waals surface area contributed by atoms with Crippen LogP contribution >= 0.6 is 15.9 Å². The molecule has 20 heavy (non-hydrogen) atoms. The predicted octanol–water partition coefficient (Wildman–Crippen LogP) is 3.52. The van der Waals surface area contributed by atoms with Crippen molar-refractivity contribution in [1.82, 2.24) is 0 Å². The van der Waals surface area contributed by atoms with Crippen molar-refractivity contribution in [1.29, 1.82) is 0 Å². The number of anilines is 1. The molecule has 0 saturated carbocycles. The van der Waals surface area contributed by atoms with Crippen LogP contribution in [0.5, 0.6) is 0 Å². The third-order valence-electron chi connectivity index (χ3n) is 4.13. The maximum Gasteiger partial charge on any atom is 0.238 e. The average molecular weight is 334 g/mol. The number of rotatable bonds is 1. The lowest BCUT2D eigenvalue weighted by molar-refractivity contribution is -0.122. The van der Waals surface area contributed by atoms with E-state index in [1.165, 1.54) is 4.90 Å². The summed E-state index contributed by atoms with van der Waals surface area (Å²) >= 11 is 3.50. The number of nitrogens with zero attached hydrogens (tertiary/aromatic N) is 1. The van der Waals surface area contributed by atoms with Gasteiger partial charge in [-0.2, -0.15) is 0 Å². The SMILES string of the molecule is Cc1cc(C)c(N2C(=O)C3CC=CCC3C2=O)c(Br)c1. The van der Waals surface area contributed by atoms with Crippen LogP contribution in [-0.4, -0.2) is 11.8 Å². The first-order valence-corrected chi connectivity index (χ1v) is 7.59. The van der Waals surface area contributed by atoms with Gasteiger partial charge in [0.05, 0.1) is 17.5 Å². The lowest BCUT2D eigenvalue weighted by Gasteiger charge is -2.19. The largest absolute Gasteiger partial charge is 0.274 e. The Hall–Kier alpha value is -1.42. The molecule has 1 fully saturated rings. The van der Waals surface area contributed by atoms with Gasteiger partial charge in [0.15, 0.2) is 0 Å². The van der Waals surface area contributed by atoms with Crippen molar-refractivity contribution >= 4 is 33.4 Å². The smallest absolute Gasteiger partial charge is 0.238 e. The van der Waals surface area contributed by atoms with Gasteiger partial charge in [0, 0.05) is 4.47 Å². The lowest BCUT2D eigenvalue weighted by atomic mass is 9.85. The Morgan fingerprint density at radius 2 is 1.60 bits per heavy atom. The summed E-state index contributed by atoms with van der Waals surface area (Å²) in [5, 5.41) is 0. The first kappa shape index (κ1) is 13.6. The molecule has 0 bridgehead atoms. The maximum absolute atomic E-state index is 12.6. The van der Waals surface area contributed by atoms with Crippen LogP contribution in [0, 0.1) is 25.7 Å². The number of imide groups is 1. The van der Waals surface area contributed by atoms with Gasteiger partial charge in [0.25, 0.3) is 0 Å². The van der Waals surface area contributed by atoms with Crippen molar-refractivity contribution in [3.05, 3.63) is 39.9 Å². The van der Waals surface area contributed by atoms with E-state index in [2.05, 4.69) is 15.9 Å². The molecule has 1 aromatic rings. The summed E-state index contributed by atoms with van der Waals surface area (Å²) in [7, 11) is 0. The van der Waals surface area contributed by atoms with Crippen molar-refractivity contribution in [3.63, 3.8) is 0 Å². The molecule has 0 radical (unpaired) electrons. The highest BCUT2D eigenvalue weighted by molar-refractivity contribution is 9.10. The highest BCUT2D eigenvalue weighted by Crippen LogP contribution is 2.41. The Bertz CT molecular complexity index is 586. The van der Waals surface area contributed by atoms with E-state index in [1.807, 2.05) is 38.1 Å². The average Bonchev–Trinajstić information content (AvgIpc) is 2.64. The number of halogens is 1. The fourth-order valence-electron chi connectivity index (χ4n) is 3.21. The van der Waals surface area contributed by atoms with Crippen molar-refractivity contribution in [2.75, 3.05) is 4.90 Å². The Morgan fingerprint density at radius 1 is 1.05 bits per heavy atom. The standard InChI is InChI=1S/C16H16BrNO2/c1-9-7-10(2)14(13(17)8-9)18-15(19)11-5-3-4-6-12(11)16(18)20/h3-4,7-8,11-12H,5-6H2,1-2H3. The summed E-state index contributed by atoms with van der Waals surface area (Å²) in [5.74, 6) is -0.478. The second-order valence-electron chi connectivity index (χ2n) is 5.58. The fourth-order valence-corrected chi connectivity index (χ4v) is 4.06. The van der Waals surface area contributed by atoms with E-state index in [0.717, 1.165) is 15.6 Å². The van der Waals surface area contributed by atoms with E-state index in [-0.39, 0.29) is 23.7 Å². The van der Waals surface area contributed by atoms with Gasteiger partial charge in [0.1, 0.15) is 0 Å². The van der Waals surface area contributed by atoms with Crippen molar-refractivity contribution in [2.45, 2.75) is 26.7 Å². The Balaban J connectivity index is 2.08. The van der Waals surface area contributed by atoms with Crippen LogP contribution in [0.4, 0.5) is 5.69 Å². The van der Waals surface area contributed by atoms with Gasteiger partial charge in [-0.3, -0.25) is 9.59 Å².